The molecule has 3 heteroatoms. The second-order valence-corrected chi connectivity index (χ2v) is 5.79. The standard InChI is InChI=1S/C13H27N3/c1-10(8-14)11(2)16-7-6-12-4-5-13(9-16)15(12)3/h10-13H,4-9,14H2,1-3H3. The van der Waals surface area contributed by atoms with Crippen LogP contribution in [0.4, 0.5) is 0 Å². The fourth-order valence-corrected chi connectivity index (χ4v) is 3.26. The van der Waals surface area contributed by atoms with Crippen molar-refractivity contribution in [1.29, 1.82) is 0 Å². The molecule has 2 N–H and O–H groups in total. The molecule has 2 saturated heterocycles. The Hall–Kier alpha value is -0.120. The molecular formula is C13H27N3. The van der Waals surface area contributed by atoms with E-state index in [1.807, 2.05) is 0 Å². The van der Waals surface area contributed by atoms with E-state index >= 15 is 0 Å². The zero-order chi connectivity index (χ0) is 11.7. The molecule has 0 radical (unpaired) electrons. The van der Waals surface area contributed by atoms with Crippen molar-refractivity contribution in [3.05, 3.63) is 0 Å². The molecule has 3 nitrogen and oxygen atoms in total. The van der Waals surface area contributed by atoms with E-state index in [9.17, 15) is 0 Å². The molecule has 94 valence electrons. The van der Waals surface area contributed by atoms with Gasteiger partial charge in [0.25, 0.3) is 0 Å². The summed E-state index contributed by atoms with van der Waals surface area (Å²) in [5, 5.41) is 0. The molecule has 0 spiro atoms. The van der Waals surface area contributed by atoms with E-state index in [0.29, 0.717) is 12.0 Å². The van der Waals surface area contributed by atoms with Gasteiger partial charge in [-0.25, -0.2) is 0 Å². The van der Waals surface area contributed by atoms with Crippen LogP contribution in [0.1, 0.15) is 33.1 Å². The fourth-order valence-electron chi connectivity index (χ4n) is 3.26. The molecule has 0 aromatic rings. The molecule has 2 heterocycles. The predicted octanol–water partition coefficient (Wildman–Crippen LogP) is 1.14. The minimum atomic E-state index is 0.613. The summed E-state index contributed by atoms with van der Waals surface area (Å²) in [6, 6.07) is 2.27. The molecule has 0 aromatic carbocycles. The largest absolute Gasteiger partial charge is 0.330 e. The number of nitrogens with zero attached hydrogens (tertiary/aromatic N) is 2. The Bertz CT molecular complexity index is 231. The Balaban J connectivity index is 1.98. The van der Waals surface area contributed by atoms with Gasteiger partial charge >= 0.3 is 0 Å². The van der Waals surface area contributed by atoms with Gasteiger partial charge in [0.1, 0.15) is 0 Å². The second kappa shape index (κ2) is 5.03. The van der Waals surface area contributed by atoms with E-state index < -0.39 is 0 Å². The van der Waals surface area contributed by atoms with Crippen molar-refractivity contribution >= 4 is 0 Å². The van der Waals surface area contributed by atoms with Crippen molar-refractivity contribution in [2.45, 2.75) is 51.2 Å². The lowest BCUT2D eigenvalue weighted by Gasteiger charge is -2.34. The van der Waals surface area contributed by atoms with E-state index in [0.717, 1.165) is 18.6 Å². The van der Waals surface area contributed by atoms with Crippen LogP contribution in [0, 0.1) is 5.92 Å². The lowest BCUT2D eigenvalue weighted by molar-refractivity contribution is 0.146. The van der Waals surface area contributed by atoms with Gasteiger partial charge in [-0.15, -0.1) is 0 Å². The maximum absolute atomic E-state index is 5.78. The van der Waals surface area contributed by atoms with Gasteiger partial charge in [-0.1, -0.05) is 6.92 Å². The van der Waals surface area contributed by atoms with Gasteiger partial charge in [0.15, 0.2) is 0 Å². The highest BCUT2D eigenvalue weighted by Crippen LogP contribution is 2.29. The first-order valence-corrected chi connectivity index (χ1v) is 6.79. The van der Waals surface area contributed by atoms with E-state index in [4.69, 9.17) is 5.73 Å². The van der Waals surface area contributed by atoms with E-state index in [-0.39, 0.29) is 0 Å². The average Bonchev–Trinajstić information content (AvgIpc) is 2.51. The van der Waals surface area contributed by atoms with E-state index in [1.165, 1.54) is 32.4 Å². The molecule has 2 rings (SSSR count). The summed E-state index contributed by atoms with van der Waals surface area (Å²) in [4.78, 5) is 5.28. The molecule has 0 aromatic heterocycles. The Kier molecular flexibility index (Phi) is 3.88. The smallest absolute Gasteiger partial charge is 0.0223 e. The van der Waals surface area contributed by atoms with Gasteiger partial charge in [0.05, 0.1) is 0 Å². The molecular weight excluding hydrogens is 198 g/mol. The van der Waals surface area contributed by atoms with Crippen LogP contribution in [0.25, 0.3) is 0 Å². The van der Waals surface area contributed by atoms with Crippen LogP contribution in [0.2, 0.25) is 0 Å². The van der Waals surface area contributed by atoms with Crippen molar-refractivity contribution < 1.29 is 0 Å². The van der Waals surface area contributed by atoms with Crippen molar-refractivity contribution in [3.63, 3.8) is 0 Å². The van der Waals surface area contributed by atoms with Crippen LogP contribution in [-0.4, -0.2) is 54.6 Å². The highest BCUT2D eigenvalue weighted by molar-refractivity contribution is 4.92. The maximum atomic E-state index is 5.78. The molecule has 4 unspecified atom stereocenters. The first-order chi connectivity index (χ1) is 7.63. The third kappa shape index (κ3) is 2.27. The fraction of sp³-hybridized carbons (Fsp3) is 1.00. The minimum absolute atomic E-state index is 0.613. The Morgan fingerprint density at radius 1 is 1.19 bits per heavy atom. The van der Waals surface area contributed by atoms with E-state index in [2.05, 4.69) is 30.7 Å². The third-order valence-corrected chi connectivity index (χ3v) is 4.95. The average molecular weight is 225 g/mol. The number of fused-ring (bicyclic) bond motifs is 2. The summed E-state index contributed by atoms with van der Waals surface area (Å²) in [6.45, 7) is 7.94. The van der Waals surface area contributed by atoms with Gasteiger partial charge in [0, 0.05) is 24.7 Å². The molecule has 2 bridgehead atoms. The minimum Gasteiger partial charge on any atom is -0.330 e. The van der Waals surface area contributed by atoms with E-state index in [1.54, 1.807) is 0 Å². The summed E-state index contributed by atoms with van der Waals surface area (Å²) in [5.41, 5.74) is 5.78. The van der Waals surface area contributed by atoms with Crippen LogP contribution in [-0.2, 0) is 0 Å². The Morgan fingerprint density at radius 2 is 1.88 bits per heavy atom. The van der Waals surface area contributed by atoms with Crippen LogP contribution in [0.5, 0.6) is 0 Å². The van der Waals surface area contributed by atoms with Gasteiger partial charge < -0.3 is 5.73 Å². The van der Waals surface area contributed by atoms with Gasteiger partial charge in [-0.05, 0) is 52.2 Å². The molecule has 2 aliphatic heterocycles. The lowest BCUT2D eigenvalue weighted by atomic mass is 10.00. The number of hydrogen-bond acceptors (Lipinski definition) is 3. The Morgan fingerprint density at radius 3 is 2.56 bits per heavy atom. The number of likely N-dealkylation sites (tertiary alicyclic amines) is 1. The molecule has 4 atom stereocenters. The highest BCUT2D eigenvalue weighted by atomic mass is 15.3. The third-order valence-electron chi connectivity index (χ3n) is 4.95. The first-order valence-electron chi connectivity index (χ1n) is 6.79. The molecule has 16 heavy (non-hydrogen) atoms. The highest BCUT2D eigenvalue weighted by Gasteiger charge is 2.36. The number of hydrogen-bond donors (Lipinski definition) is 1. The van der Waals surface area contributed by atoms with Crippen LogP contribution >= 0.6 is 0 Å². The van der Waals surface area contributed by atoms with Crippen molar-refractivity contribution in [1.82, 2.24) is 9.80 Å². The monoisotopic (exact) mass is 225 g/mol. The quantitative estimate of drug-likeness (QED) is 0.782. The normalized spacial score (nSPS) is 36.0. The zero-order valence-electron chi connectivity index (χ0n) is 11.0. The molecule has 0 saturated carbocycles. The zero-order valence-corrected chi connectivity index (χ0v) is 11.0. The first kappa shape index (κ1) is 12.3. The Labute approximate surface area is 100.0 Å². The number of likely N-dealkylation sites (N-methyl/N-ethyl adjacent to an activating group) is 1. The summed E-state index contributed by atoms with van der Waals surface area (Å²) >= 11 is 0. The van der Waals surface area contributed by atoms with Crippen molar-refractivity contribution in [2.75, 3.05) is 26.7 Å². The second-order valence-electron chi connectivity index (χ2n) is 5.79. The molecule has 2 aliphatic rings. The van der Waals surface area contributed by atoms with Gasteiger partial charge in [-0.3, -0.25) is 9.80 Å². The molecule has 0 amide bonds. The van der Waals surface area contributed by atoms with Crippen molar-refractivity contribution in [3.8, 4) is 0 Å². The summed E-state index contributed by atoms with van der Waals surface area (Å²) in [6.07, 6.45) is 4.14. The molecule has 2 fully saturated rings. The van der Waals surface area contributed by atoms with Crippen molar-refractivity contribution in [2.24, 2.45) is 11.7 Å². The topological polar surface area (TPSA) is 32.5 Å². The van der Waals surface area contributed by atoms with Gasteiger partial charge in [-0.2, -0.15) is 0 Å². The SMILES string of the molecule is CC(CN)C(C)N1CCC2CCC(C1)N2C. The summed E-state index contributed by atoms with van der Waals surface area (Å²) in [5.74, 6) is 0.613. The maximum Gasteiger partial charge on any atom is 0.0223 e. The summed E-state index contributed by atoms with van der Waals surface area (Å²) in [7, 11) is 2.31. The predicted molar refractivity (Wildman–Crippen MR) is 68.4 cm³/mol. The lowest BCUT2D eigenvalue weighted by Crippen LogP contribution is -2.44. The summed E-state index contributed by atoms with van der Waals surface area (Å²) < 4.78 is 0. The number of rotatable bonds is 3. The van der Waals surface area contributed by atoms with Crippen LogP contribution < -0.4 is 5.73 Å². The number of nitrogens with two attached hydrogens (primary N) is 1. The van der Waals surface area contributed by atoms with Crippen LogP contribution in [0.3, 0.4) is 0 Å². The van der Waals surface area contributed by atoms with Crippen LogP contribution in [0.15, 0.2) is 0 Å². The van der Waals surface area contributed by atoms with Gasteiger partial charge in [0.2, 0.25) is 0 Å². The molecule has 0 aliphatic carbocycles.